The summed E-state index contributed by atoms with van der Waals surface area (Å²) in [7, 11) is 0. The fourth-order valence-electron chi connectivity index (χ4n) is 2.13. The van der Waals surface area contributed by atoms with E-state index in [2.05, 4.69) is 10.3 Å². The quantitative estimate of drug-likeness (QED) is 0.537. The maximum atomic E-state index is 10.8. The summed E-state index contributed by atoms with van der Waals surface area (Å²) in [6.45, 7) is 2.01. The van der Waals surface area contributed by atoms with Gasteiger partial charge in [-0.15, -0.1) is 0 Å². The van der Waals surface area contributed by atoms with Gasteiger partial charge in [0.1, 0.15) is 0 Å². The number of thiazole rings is 1. The fraction of sp³-hybridized carbons (Fsp3) is 0.133. The number of benzene rings is 2. The molecule has 22 heavy (non-hydrogen) atoms. The molecule has 1 atom stereocenters. The van der Waals surface area contributed by atoms with Crippen LogP contribution in [0.4, 0.5) is 10.8 Å². The van der Waals surface area contributed by atoms with Gasteiger partial charge < -0.3 is 5.32 Å². The first kappa shape index (κ1) is 14.7. The highest BCUT2D eigenvalue weighted by atomic mass is 35.5. The lowest BCUT2D eigenvalue weighted by Gasteiger charge is -2.13. The summed E-state index contributed by atoms with van der Waals surface area (Å²) in [6.07, 6.45) is 0. The molecule has 7 heteroatoms. The Morgan fingerprint density at radius 3 is 2.86 bits per heavy atom. The first-order valence-corrected chi connectivity index (χ1v) is 7.79. The van der Waals surface area contributed by atoms with Crippen molar-refractivity contribution in [2.75, 3.05) is 5.32 Å². The van der Waals surface area contributed by atoms with Crippen molar-refractivity contribution in [1.29, 1.82) is 0 Å². The number of halogens is 1. The molecule has 1 heterocycles. The van der Waals surface area contributed by atoms with Gasteiger partial charge >= 0.3 is 0 Å². The van der Waals surface area contributed by atoms with E-state index >= 15 is 0 Å². The maximum Gasteiger partial charge on any atom is 0.270 e. The zero-order valence-electron chi connectivity index (χ0n) is 11.6. The van der Waals surface area contributed by atoms with Crippen LogP contribution >= 0.6 is 22.9 Å². The van der Waals surface area contributed by atoms with Crippen molar-refractivity contribution in [1.82, 2.24) is 4.98 Å². The van der Waals surface area contributed by atoms with Crippen molar-refractivity contribution in [3.05, 3.63) is 63.2 Å². The molecule has 5 nitrogen and oxygen atoms in total. The highest BCUT2D eigenvalue weighted by Crippen LogP contribution is 2.31. The first-order chi connectivity index (χ1) is 10.5. The zero-order chi connectivity index (χ0) is 15.7. The van der Waals surface area contributed by atoms with Crippen LogP contribution in [-0.4, -0.2) is 9.91 Å². The van der Waals surface area contributed by atoms with Gasteiger partial charge in [-0.3, -0.25) is 10.1 Å². The molecule has 0 aliphatic heterocycles. The number of nitro benzene ring substituents is 1. The molecule has 0 bridgehead atoms. The maximum absolute atomic E-state index is 10.8. The van der Waals surface area contributed by atoms with Gasteiger partial charge in [0, 0.05) is 17.2 Å². The lowest BCUT2D eigenvalue weighted by molar-refractivity contribution is -0.384. The van der Waals surface area contributed by atoms with Crippen LogP contribution in [0, 0.1) is 10.1 Å². The molecular formula is C15H12ClN3O2S. The van der Waals surface area contributed by atoms with Gasteiger partial charge in [-0.05, 0) is 30.7 Å². The largest absolute Gasteiger partial charge is 0.355 e. The Labute approximate surface area is 135 Å². The third-order valence-corrected chi connectivity index (χ3v) is 4.46. The van der Waals surface area contributed by atoms with E-state index in [-0.39, 0.29) is 11.7 Å². The Morgan fingerprint density at radius 1 is 1.32 bits per heavy atom. The second kappa shape index (κ2) is 5.90. The van der Waals surface area contributed by atoms with Crippen LogP contribution in [-0.2, 0) is 0 Å². The van der Waals surface area contributed by atoms with E-state index in [0.29, 0.717) is 5.02 Å². The summed E-state index contributed by atoms with van der Waals surface area (Å²) < 4.78 is 0.787. The highest BCUT2D eigenvalue weighted by Gasteiger charge is 2.12. The molecule has 0 fully saturated rings. The molecule has 0 radical (unpaired) electrons. The average molecular weight is 334 g/mol. The SMILES string of the molecule is CC(Nc1nc2ccc([N+](=O)[O-])cc2s1)c1cccc(Cl)c1. The minimum atomic E-state index is -0.402. The van der Waals surface area contributed by atoms with E-state index in [9.17, 15) is 10.1 Å². The molecule has 0 saturated heterocycles. The molecule has 1 unspecified atom stereocenters. The van der Waals surface area contributed by atoms with Gasteiger partial charge in [0.05, 0.1) is 21.2 Å². The smallest absolute Gasteiger partial charge is 0.270 e. The van der Waals surface area contributed by atoms with Crippen LogP contribution in [0.15, 0.2) is 42.5 Å². The predicted octanol–water partition coefficient (Wildman–Crippen LogP) is 5.03. The molecule has 3 aromatic rings. The number of rotatable bonds is 4. The third-order valence-electron chi connectivity index (χ3n) is 3.27. The molecule has 0 aliphatic carbocycles. The molecule has 112 valence electrons. The summed E-state index contributed by atoms with van der Waals surface area (Å²) in [5.41, 5.74) is 1.87. The van der Waals surface area contributed by atoms with Crippen molar-refractivity contribution >= 4 is 44.0 Å². The average Bonchev–Trinajstić information content (AvgIpc) is 2.88. The first-order valence-electron chi connectivity index (χ1n) is 6.60. The topological polar surface area (TPSA) is 68.1 Å². The molecule has 0 amide bonds. The van der Waals surface area contributed by atoms with E-state index < -0.39 is 4.92 Å². The molecule has 0 aliphatic rings. The molecular weight excluding hydrogens is 322 g/mol. The highest BCUT2D eigenvalue weighted by molar-refractivity contribution is 7.22. The lowest BCUT2D eigenvalue weighted by Crippen LogP contribution is -2.05. The van der Waals surface area contributed by atoms with Gasteiger partial charge in [-0.1, -0.05) is 35.1 Å². The zero-order valence-corrected chi connectivity index (χ0v) is 13.2. The van der Waals surface area contributed by atoms with Crippen LogP contribution in [0.25, 0.3) is 10.2 Å². The number of hydrogen-bond acceptors (Lipinski definition) is 5. The van der Waals surface area contributed by atoms with Crippen molar-refractivity contribution in [2.24, 2.45) is 0 Å². The number of aromatic nitrogens is 1. The van der Waals surface area contributed by atoms with Crippen molar-refractivity contribution < 1.29 is 4.92 Å². The number of non-ortho nitro benzene ring substituents is 1. The summed E-state index contributed by atoms with van der Waals surface area (Å²) in [4.78, 5) is 14.9. The van der Waals surface area contributed by atoms with Gasteiger partial charge in [0.15, 0.2) is 5.13 Å². The van der Waals surface area contributed by atoms with Crippen LogP contribution in [0.3, 0.4) is 0 Å². The Kier molecular flexibility index (Phi) is 3.96. The minimum Gasteiger partial charge on any atom is -0.355 e. The van der Waals surface area contributed by atoms with E-state index in [1.165, 1.54) is 17.4 Å². The monoisotopic (exact) mass is 333 g/mol. The molecule has 0 saturated carbocycles. The molecule has 3 rings (SSSR count). The van der Waals surface area contributed by atoms with Crippen molar-refractivity contribution in [2.45, 2.75) is 13.0 Å². The van der Waals surface area contributed by atoms with Crippen LogP contribution in [0.5, 0.6) is 0 Å². The van der Waals surface area contributed by atoms with Gasteiger partial charge in [-0.25, -0.2) is 4.98 Å². The Bertz CT molecular complexity index is 850. The van der Waals surface area contributed by atoms with Crippen LogP contribution in [0.1, 0.15) is 18.5 Å². The van der Waals surface area contributed by atoms with E-state index in [4.69, 9.17) is 11.6 Å². The number of nitrogens with zero attached hydrogens (tertiary/aromatic N) is 2. The summed E-state index contributed by atoms with van der Waals surface area (Å²) in [5, 5.41) is 15.5. The number of nitrogens with one attached hydrogen (secondary N) is 1. The van der Waals surface area contributed by atoms with E-state index in [1.807, 2.05) is 31.2 Å². The number of fused-ring (bicyclic) bond motifs is 1. The number of nitro groups is 1. The van der Waals surface area contributed by atoms with Crippen molar-refractivity contribution in [3.63, 3.8) is 0 Å². The summed E-state index contributed by atoms with van der Waals surface area (Å²) >= 11 is 7.39. The molecule has 1 aromatic heterocycles. The molecule has 2 aromatic carbocycles. The van der Waals surface area contributed by atoms with E-state index in [1.54, 1.807) is 12.1 Å². The normalized spacial score (nSPS) is 12.3. The molecule has 0 spiro atoms. The Hall–Kier alpha value is -2.18. The van der Waals surface area contributed by atoms with Crippen LogP contribution in [0.2, 0.25) is 5.02 Å². The number of anilines is 1. The summed E-state index contributed by atoms with van der Waals surface area (Å²) in [6, 6.07) is 12.3. The standard InChI is InChI=1S/C15H12ClN3O2S/c1-9(10-3-2-4-11(16)7-10)17-15-18-13-6-5-12(19(20)21)8-14(13)22-15/h2-9H,1H3,(H,17,18). The fourth-order valence-corrected chi connectivity index (χ4v) is 3.32. The minimum absolute atomic E-state index is 0.0363. The second-order valence-electron chi connectivity index (χ2n) is 4.85. The third kappa shape index (κ3) is 3.03. The van der Waals surface area contributed by atoms with Crippen molar-refractivity contribution in [3.8, 4) is 0 Å². The lowest BCUT2D eigenvalue weighted by atomic mass is 10.1. The Balaban J connectivity index is 1.86. The van der Waals surface area contributed by atoms with Gasteiger partial charge in [-0.2, -0.15) is 0 Å². The van der Waals surface area contributed by atoms with E-state index in [0.717, 1.165) is 20.9 Å². The molecule has 1 N–H and O–H groups in total. The van der Waals surface area contributed by atoms with Crippen LogP contribution < -0.4 is 5.32 Å². The second-order valence-corrected chi connectivity index (χ2v) is 6.32. The predicted molar refractivity (Wildman–Crippen MR) is 89.8 cm³/mol. The number of hydrogen-bond donors (Lipinski definition) is 1. The van der Waals surface area contributed by atoms with Gasteiger partial charge in [0.25, 0.3) is 5.69 Å². The van der Waals surface area contributed by atoms with Gasteiger partial charge in [0.2, 0.25) is 0 Å². The Morgan fingerprint density at radius 2 is 2.14 bits per heavy atom. The summed E-state index contributed by atoms with van der Waals surface area (Å²) in [5.74, 6) is 0.